The van der Waals surface area contributed by atoms with Gasteiger partial charge in [-0.15, -0.1) is 0 Å². The van der Waals surface area contributed by atoms with E-state index >= 15 is 0 Å². The minimum atomic E-state index is 0.690. The van der Waals surface area contributed by atoms with Crippen molar-refractivity contribution in [1.29, 1.82) is 0 Å². The highest BCUT2D eigenvalue weighted by molar-refractivity contribution is 6.20. The molecule has 0 aliphatic heterocycles. The molecule has 1 aromatic heterocycles. The molecule has 3 heteroatoms. The highest BCUT2D eigenvalue weighted by Crippen LogP contribution is 2.06. The predicted molar refractivity (Wildman–Crippen MR) is 86.5 cm³/mol. The van der Waals surface area contributed by atoms with Crippen LogP contribution in [0.4, 0.5) is 0 Å². The fraction of sp³-hybridized carbons (Fsp3) is 0.294. The van der Waals surface area contributed by atoms with Crippen LogP contribution in [0.1, 0.15) is 43.1 Å². The Morgan fingerprint density at radius 3 is 2.40 bits per heavy atom. The zero-order valence-electron chi connectivity index (χ0n) is 12.7. The first kappa shape index (κ1) is 15.9. The second-order valence-electron chi connectivity index (χ2n) is 4.73. The van der Waals surface area contributed by atoms with Crippen molar-refractivity contribution in [3.8, 4) is 0 Å². The number of hydrogen-bond donors (Lipinski definition) is 1. The third-order valence-corrected chi connectivity index (χ3v) is 3.16. The first-order valence-electron chi connectivity index (χ1n) is 6.68. The molecular weight excluding hydrogens is 248 g/mol. The maximum atomic E-state index is 11.2. The average Bonchev–Trinajstić information content (AvgIpc) is 2.72. The molecule has 0 aromatic carbocycles. The highest BCUT2D eigenvalue weighted by atomic mass is 16.1. The minimum absolute atomic E-state index is 0.690. The summed E-state index contributed by atoms with van der Waals surface area (Å²) in [6.45, 7) is 15.5. The summed E-state index contributed by atoms with van der Waals surface area (Å²) in [5.74, 6) is 0. The summed E-state index contributed by atoms with van der Waals surface area (Å²) in [5, 5.41) is 1.72. The molecule has 20 heavy (non-hydrogen) atoms. The van der Waals surface area contributed by atoms with Gasteiger partial charge in [0.1, 0.15) is 0 Å². The molecule has 0 fully saturated rings. The van der Waals surface area contributed by atoms with Gasteiger partial charge in [0, 0.05) is 22.0 Å². The van der Waals surface area contributed by atoms with Crippen LogP contribution < -0.4 is 10.7 Å². The summed E-state index contributed by atoms with van der Waals surface area (Å²) in [6, 6.07) is 0. The normalized spacial score (nSPS) is 13.7. The van der Waals surface area contributed by atoms with Crippen molar-refractivity contribution in [2.75, 3.05) is 0 Å². The van der Waals surface area contributed by atoms with E-state index in [2.05, 4.69) is 23.1 Å². The van der Waals surface area contributed by atoms with E-state index < -0.39 is 0 Å². The Morgan fingerprint density at radius 2 is 2.00 bits per heavy atom. The quantitative estimate of drug-likeness (QED) is 0.649. The largest absolute Gasteiger partial charge is 0.355 e. The van der Waals surface area contributed by atoms with Crippen LogP contribution in [-0.2, 0) is 0 Å². The second-order valence-corrected chi connectivity index (χ2v) is 4.73. The van der Waals surface area contributed by atoms with Crippen LogP contribution in [-0.4, -0.2) is 17.0 Å². The molecular formula is C17H22N2O. The maximum Gasteiger partial charge on any atom is 0.152 e. The van der Waals surface area contributed by atoms with Crippen LogP contribution in [0.25, 0.3) is 12.2 Å². The molecule has 106 valence electrons. The number of aromatic nitrogens is 1. The van der Waals surface area contributed by atoms with Crippen LogP contribution in [0.3, 0.4) is 0 Å². The Hall–Kier alpha value is -2.16. The summed E-state index contributed by atoms with van der Waals surface area (Å²) >= 11 is 0. The maximum absolute atomic E-state index is 11.2. The van der Waals surface area contributed by atoms with Crippen molar-refractivity contribution >= 4 is 24.1 Å². The van der Waals surface area contributed by atoms with Gasteiger partial charge in [0.05, 0.1) is 5.71 Å². The van der Waals surface area contributed by atoms with E-state index in [4.69, 9.17) is 0 Å². The molecule has 1 N–H and O–H groups in total. The lowest BCUT2D eigenvalue weighted by molar-refractivity contribution is 0.112. The van der Waals surface area contributed by atoms with Gasteiger partial charge in [-0.05, 0) is 44.4 Å². The van der Waals surface area contributed by atoms with Crippen LogP contribution in [0.15, 0.2) is 29.4 Å². The summed E-state index contributed by atoms with van der Waals surface area (Å²) in [4.78, 5) is 18.8. The fourth-order valence-corrected chi connectivity index (χ4v) is 1.91. The number of aldehydes is 1. The molecule has 0 saturated carbocycles. The smallest absolute Gasteiger partial charge is 0.152 e. The Balaban J connectivity index is 3.56. The van der Waals surface area contributed by atoms with E-state index in [1.54, 1.807) is 0 Å². The third kappa shape index (κ3) is 3.44. The van der Waals surface area contributed by atoms with Crippen molar-refractivity contribution in [1.82, 2.24) is 4.98 Å². The summed E-state index contributed by atoms with van der Waals surface area (Å²) in [6.07, 6.45) is 5.51. The summed E-state index contributed by atoms with van der Waals surface area (Å²) < 4.78 is 0. The van der Waals surface area contributed by atoms with Crippen LogP contribution >= 0.6 is 0 Å². The first-order chi connectivity index (χ1) is 9.44. The van der Waals surface area contributed by atoms with Gasteiger partial charge in [-0.2, -0.15) is 0 Å². The molecule has 1 aromatic rings. The molecule has 1 heterocycles. The van der Waals surface area contributed by atoms with E-state index in [9.17, 15) is 4.79 Å². The van der Waals surface area contributed by atoms with Gasteiger partial charge in [0.25, 0.3) is 0 Å². The number of H-pyrrole nitrogens is 1. The van der Waals surface area contributed by atoms with Crippen LogP contribution in [0, 0.1) is 6.92 Å². The van der Waals surface area contributed by atoms with Gasteiger partial charge in [-0.1, -0.05) is 26.2 Å². The standard InChI is InChI=1S/C17H22N2O/c1-7-12(5)16(18-11(3)4)9-17-13(6)14(10-20)15(8-2)19-17/h8-10,19H,3,5,7H2,1-2,4,6H3/b15-8+,17-9-,18-16?. The molecule has 0 radical (unpaired) electrons. The number of allylic oxidation sites excluding steroid dienone is 2. The summed E-state index contributed by atoms with van der Waals surface area (Å²) in [7, 11) is 0. The number of carbonyl (C=O) groups excluding carboxylic acids is 1. The Morgan fingerprint density at radius 1 is 1.35 bits per heavy atom. The van der Waals surface area contributed by atoms with Crippen molar-refractivity contribution in [3.63, 3.8) is 0 Å². The molecule has 3 nitrogen and oxygen atoms in total. The molecule has 0 unspecified atom stereocenters. The number of hydrogen-bond acceptors (Lipinski definition) is 2. The second kappa shape index (κ2) is 6.85. The Bertz CT molecular complexity index is 687. The monoisotopic (exact) mass is 270 g/mol. The fourth-order valence-electron chi connectivity index (χ4n) is 1.91. The Kier molecular flexibility index (Phi) is 5.44. The van der Waals surface area contributed by atoms with Gasteiger partial charge in [0.15, 0.2) is 6.29 Å². The van der Waals surface area contributed by atoms with Crippen LogP contribution in [0.5, 0.6) is 0 Å². The van der Waals surface area contributed by atoms with Gasteiger partial charge >= 0.3 is 0 Å². The van der Waals surface area contributed by atoms with Gasteiger partial charge in [-0.25, -0.2) is 0 Å². The lowest BCUT2D eigenvalue weighted by atomic mass is 10.1. The Labute approximate surface area is 120 Å². The lowest BCUT2D eigenvalue weighted by Crippen LogP contribution is -2.14. The molecule has 0 aliphatic rings. The number of carbonyl (C=O) groups is 1. The van der Waals surface area contributed by atoms with E-state index in [1.165, 1.54) is 0 Å². The van der Waals surface area contributed by atoms with E-state index in [1.807, 2.05) is 39.8 Å². The molecule has 0 atom stereocenters. The molecule has 0 amide bonds. The number of rotatable bonds is 5. The van der Waals surface area contributed by atoms with Crippen molar-refractivity contribution in [3.05, 3.63) is 46.3 Å². The SMILES string of the molecule is C=C(C)N=C(/C=c1\[nH]/c(=C/C)c(C=O)c1C)C(=C)CC. The van der Waals surface area contributed by atoms with E-state index in [0.717, 1.165) is 46.0 Å². The zero-order valence-corrected chi connectivity index (χ0v) is 12.7. The number of nitrogens with zero attached hydrogens (tertiary/aromatic N) is 1. The van der Waals surface area contributed by atoms with E-state index in [0.29, 0.717) is 5.56 Å². The average molecular weight is 270 g/mol. The van der Waals surface area contributed by atoms with Crippen molar-refractivity contribution in [2.45, 2.75) is 34.1 Å². The minimum Gasteiger partial charge on any atom is -0.355 e. The van der Waals surface area contributed by atoms with Gasteiger partial charge in [0.2, 0.25) is 0 Å². The van der Waals surface area contributed by atoms with Gasteiger partial charge < -0.3 is 4.98 Å². The molecule has 0 bridgehead atoms. The topological polar surface area (TPSA) is 45.2 Å². The van der Waals surface area contributed by atoms with Crippen molar-refractivity contribution < 1.29 is 4.79 Å². The number of nitrogens with one attached hydrogen (secondary N) is 1. The highest BCUT2D eigenvalue weighted by Gasteiger charge is 2.06. The molecule has 1 rings (SSSR count). The lowest BCUT2D eigenvalue weighted by Gasteiger charge is -2.02. The third-order valence-electron chi connectivity index (χ3n) is 3.16. The summed E-state index contributed by atoms with van der Waals surface area (Å²) in [5.41, 5.74) is 4.08. The molecule has 0 saturated heterocycles. The van der Waals surface area contributed by atoms with E-state index in [-0.39, 0.29) is 0 Å². The molecule has 0 spiro atoms. The van der Waals surface area contributed by atoms with Crippen molar-refractivity contribution in [2.24, 2.45) is 4.99 Å². The predicted octanol–water partition coefficient (Wildman–Crippen LogP) is 2.66. The first-order valence-corrected chi connectivity index (χ1v) is 6.68. The van der Waals surface area contributed by atoms with Crippen LogP contribution in [0.2, 0.25) is 0 Å². The molecule has 0 aliphatic carbocycles. The zero-order chi connectivity index (χ0) is 15.3. The number of aliphatic imine (C=N–C) groups is 1. The van der Waals surface area contributed by atoms with Gasteiger partial charge in [-0.3, -0.25) is 9.79 Å². The number of aromatic amines is 1.